The van der Waals surface area contributed by atoms with Crippen LogP contribution in [-0.2, 0) is 25.8 Å². The van der Waals surface area contributed by atoms with E-state index in [0.29, 0.717) is 0 Å². The van der Waals surface area contributed by atoms with Crippen LogP contribution in [-0.4, -0.2) is 23.1 Å². The van der Waals surface area contributed by atoms with Crippen molar-refractivity contribution in [2.75, 3.05) is 0 Å². The largest absolute Gasteiger partial charge is 0.508 e. The van der Waals surface area contributed by atoms with E-state index in [1.54, 1.807) is 12.1 Å². The van der Waals surface area contributed by atoms with Crippen molar-refractivity contribution >= 4 is 11.9 Å². The van der Waals surface area contributed by atoms with Gasteiger partial charge in [0.25, 0.3) is 0 Å². The van der Waals surface area contributed by atoms with Gasteiger partial charge in [-0.15, -0.1) is 0 Å². The summed E-state index contributed by atoms with van der Waals surface area (Å²) in [5.74, 6) is -1.19. The van der Waals surface area contributed by atoms with Crippen molar-refractivity contribution < 1.29 is 24.5 Å². The molecule has 0 aliphatic carbocycles. The Bertz CT molecular complexity index is 632. The molecule has 0 fully saturated rings. The number of phenols is 1. The van der Waals surface area contributed by atoms with Crippen LogP contribution in [0.5, 0.6) is 5.75 Å². The second-order valence-electron chi connectivity index (χ2n) is 9.03. The van der Waals surface area contributed by atoms with Gasteiger partial charge in [-0.2, -0.15) is 0 Å². The highest BCUT2D eigenvalue weighted by Gasteiger charge is 2.19. The predicted octanol–water partition coefficient (Wildman–Crippen LogP) is 6.52. The van der Waals surface area contributed by atoms with E-state index in [1.165, 1.54) is 89.2 Å². The summed E-state index contributed by atoms with van der Waals surface area (Å²) in [6.45, 7) is 2.26. The number of carbonyl (C=O) groups is 2. The third-order valence-electron chi connectivity index (χ3n) is 5.90. The van der Waals surface area contributed by atoms with Gasteiger partial charge in [-0.05, 0) is 30.5 Å². The average Bonchev–Trinajstić information content (AvgIpc) is 2.81. The number of hydrogen-bond donors (Lipinski definition) is 2. The lowest BCUT2D eigenvalue weighted by molar-refractivity contribution is -0.260. The SMILES string of the molecule is CCCCCCCCCCCCCCCCCC(=O)OOC(=O)C(N)Cc1ccc(O)cc1. The van der Waals surface area contributed by atoms with Crippen molar-refractivity contribution in [2.24, 2.45) is 5.73 Å². The molecule has 1 unspecified atom stereocenters. The summed E-state index contributed by atoms with van der Waals surface area (Å²) in [6, 6.07) is 5.44. The van der Waals surface area contributed by atoms with Gasteiger partial charge in [-0.25, -0.2) is 19.4 Å². The lowest BCUT2D eigenvalue weighted by Gasteiger charge is -2.10. The van der Waals surface area contributed by atoms with Gasteiger partial charge < -0.3 is 10.8 Å². The molecular formula is C27H45NO5. The number of rotatable bonds is 19. The van der Waals surface area contributed by atoms with E-state index in [2.05, 4.69) is 16.7 Å². The van der Waals surface area contributed by atoms with Crippen LogP contribution in [0.25, 0.3) is 0 Å². The molecular weight excluding hydrogens is 418 g/mol. The third kappa shape index (κ3) is 16.2. The Kier molecular flexibility index (Phi) is 17.0. The van der Waals surface area contributed by atoms with Crippen LogP contribution in [0.15, 0.2) is 24.3 Å². The zero-order chi connectivity index (χ0) is 24.2. The fourth-order valence-corrected chi connectivity index (χ4v) is 3.80. The Labute approximate surface area is 200 Å². The molecule has 0 heterocycles. The zero-order valence-electron chi connectivity index (χ0n) is 20.6. The van der Waals surface area contributed by atoms with Crippen LogP contribution < -0.4 is 5.73 Å². The summed E-state index contributed by atoms with van der Waals surface area (Å²) in [7, 11) is 0. The molecule has 1 atom stereocenters. The Morgan fingerprint density at radius 3 is 1.70 bits per heavy atom. The molecule has 1 aromatic carbocycles. The van der Waals surface area contributed by atoms with Gasteiger partial charge in [0.1, 0.15) is 11.8 Å². The normalized spacial score (nSPS) is 11.8. The Morgan fingerprint density at radius 1 is 0.758 bits per heavy atom. The number of phenolic OH excluding ortho intramolecular Hbond substituents is 1. The fourth-order valence-electron chi connectivity index (χ4n) is 3.80. The van der Waals surface area contributed by atoms with E-state index in [1.807, 2.05) is 0 Å². The quantitative estimate of drug-likeness (QED) is 0.138. The van der Waals surface area contributed by atoms with E-state index in [0.717, 1.165) is 24.8 Å². The predicted molar refractivity (Wildman–Crippen MR) is 132 cm³/mol. The first-order valence-electron chi connectivity index (χ1n) is 13.0. The van der Waals surface area contributed by atoms with Gasteiger partial charge in [0, 0.05) is 0 Å². The van der Waals surface area contributed by atoms with E-state index in [-0.39, 0.29) is 18.6 Å². The summed E-state index contributed by atoms with van der Waals surface area (Å²) in [6.07, 6.45) is 19.4. The lowest BCUT2D eigenvalue weighted by atomic mass is 10.0. The van der Waals surface area contributed by atoms with E-state index in [4.69, 9.17) is 5.73 Å². The number of hydrogen-bond acceptors (Lipinski definition) is 6. The molecule has 33 heavy (non-hydrogen) atoms. The lowest BCUT2D eigenvalue weighted by Crippen LogP contribution is -2.34. The smallest absolute Gasteiger partial charge is 0.372 e. The van der Waals surface area contributed by atoms with Crippen molar-refractivity contribution in [3.63, 3.8) is 0 Å². The van der Waals surface area contributed by atoms with Crippen LogP contribution in [0.2, 0.25) is 0 Å². The van der Waals surface area contributed by atoms with Gasteiger partial charge in [0.15, 0.2) is 0 Å². The van der Waals surface area contributed by atoms with E-state index in [9.17, 15) is 14.7 Å². The van der Waals surface area contributed by atoms with Crippen molar-refractivity contribution in [2.45, 2.75) is 122 Å². The summed E-state index contributed by atoms with van der Waals surface area (Å²) in [5, 5.41) is 9.27. The maximum Gasteiger partial charge on any atom is 0.372 e. The van der Waals surface area contributed by atoms with Gasteiger partial charge in [0.05, 0.1) is 6.42 Å². The average molecular weight is 464 g/mol. The summed E-state index contributed by atoms with van der Waals surface area (Å²) in [5.41, 5.74) is 6.56. The van der Waals surface area contributed by atoms with Crippen molar-refractivity contribution in [1.29, 1.82) is 0 Å². The molecule has 0 aliphatic heterocycles. The van der Waals surface area contributed by atoms with E-state index >= 15 is 0 Å². The minimum absolute atomic E-state index is 0.141. The second-order valence-corrected chi connectivity index (χ2v) is 9.03. The van der Waals surface area contributed by atoms with Crippen LogP contribution in [0, 0.1) is 0 Å². The monoisotopic (exact) mass is 463 g/mol. The molecule has 3 N–H and O–H groups in total. The van der Waals surface area contributed by atoms with Gasteiger partial charge in [-0.3, -0.25) is 0 Å². The topological polar surface area (TPSA) is 98.9 Å². The zero-order valence-corrected chi connectivity index (χ0v) is 20.6. The molecule has 0 aliphatic rings. The molecule has 1 aromatic rings. The van der Waals surface area contributed by atoms with Crippen LogP contribution >= 0.6 is 0 Å². The molecule has 1 rings (SSSR count). The Balaban J connectivity index is 1.90. The highest BCUT2D eigenvalue weighted by atomic mass is 17.2. The highest BCUT2D eigenvalue weighted by molar-refractivity contribution is 5.77. The molecule has 0 bridgehead atoms. The van der Waals surface area contributed by atoms with Crippen molar-refractivity contribution in [3.8, 4) is 5.75 Å². The van der Waals surface area contributed by atoms with Crippen LogP contribution in [0.4, 0.5) is 0 Å². The number of aromatic hydroxyl groups is 1. The maximum absolute atomic E-state index is 11.9. The summed E-state index contributed by atoms with van der Waals surface area (Å²) < 4.78 is 0. The van der Waals surface area contributed by atoms with E-state index < -0.39 is 18.0 Å². The standard InChI is InChI=1S/C27H45NO5/c1-2-3-4-5-6-7-8-9-10-11-12-13-14-15-16-17-26(30)32-33-27(31)25(28)22-23-18-20-24(29)21-19-23/h18-21,25,29H,2-17,22,28H2,1H3. The molecule has 0 saturated heterocycles. The minimum atomic E-state index is -0.937. The molecule has 0 spiro atoms. The summed E-state index contributed by atoms with van der Waals surface area (Å²) in [4.78, 5) is 32.8. The molecule has 6 heteroatoms. The van der Waals surface area contributed by atoms with Crippen LogP contribution in [0.1, 0.15) is 115 Å². The van der Waals surface area contributed by atoms with Gasteiger partial charge in [0.2, 0.25) is 0 Å². The number of carbonyl (C=O) groups excluding carboxylic acids is 2. The van der Waals surface area contributed by atoms with Crippen molar-refractivity contribution in [3.05, 3.63) is 29.8 Å². The highest BCUT2D eigenvalue weighted by Crippen LogP contribution is 2.14. The molecule has 0 radical (unpaired) electrons. The molecule has 6 nitrogen and oxygen atoms in total. The second kappa shape index (κ2) is 19.4. The van der Waals surface area contributed by atoms with Crippen molar-refractivity contribution in [1.82, 2.24) is 0 Å². The van der Waals surface area contributed by atoms with Gasteiger partial charge in [-0.1, -0.05) is 109 Å². The Morgan fingerprint density at radius 2 is 1.21 bits per heavy atom. The first-order chi connectivity index (χ1) is 16.0. The molecule has 0 saturated carbocycles. The van der Waals surface area contributed by atoms with Crippen LogP contribution in [0.3, 0.4) is 0 Å². The third-order valence-corrected chi connectivity index (χ3v) is 5.90. The first-order valence-corrected chi connectivity index (χ1v) is 13.0. The molecule has 188 valence electrons. The number of benzene rings is 1. The number of unbranched alkanes of at least 4 members (excludes halogenated alkanes) is 14. The first kappa shape index (κ1) is 29.0. The fraction of sp³-hybridized carbons (Fsp3) is 0.704. The summed E-state index contributed by atoms with van der Waals surface area (Å²) >= 11 is 0. The Hall–Kier alpha value is -2.08. The minimum Gasteiger partial charge on any atom is -0.508 e. The molecule has 0 aromatic heterocycles. The number of nitrogens with two attached hydrogens (primary N) is 1. The maximum atomic E-state index is 11.9. The van der Waals surface area contributed by atoms with Gasteiger partial charge >= 0.3 is 11.9 Å². The molecule has 0 amide bonds.